The van der Waals surface area contributed by atoms with Gasteiger partial charge in [-0.25, -0.2) is 0 Å². The van der Waals surface area contributed by atoms with Crippen molar-refractivity contribution in [3.8, 4) is 10.4 Å². The highest BCUT2D eigenvalue weighted by Gasteiger charge is 2.14. The topological polar surface area (TPSA) is 22.1 Å². The molecule has 0 saturated carbocycles. The molecule has 1 saturated heterocycles. The fourth-order valence-corrected chi connectivity index (χ4v) is 5.38. The zero-order chi connectivity index (χ0) is 21.2. The predicted molar refractivity (Wildman–Crippen MR) is 130 cm³/mol. The third kappa shape index (κ3) is 5.01. The minimum atomic E-state index is 0.701. The number of hydrogen-bond acceptors (Lipinski definition) is 5. The molecule has 2 aromatic carbocycles. The van der Waals surface area contributed by atoms with Crippen molar-refractivity contribution >= 4 is 29.1 Å². The fourth-order valence-electron chi connectivity index (χ4n) is 4.16. The lowest BCUT2D eigenvalue weighted by Crippen LogP contribution is -2.43. The van der Waals surface area contributed by atoms with Crippen LogP contribution < -0.4 is 9.89 Å². The molecule has 2 aliphatic rings. The first kappa shape index (κ1) is 20.7. The Morgan fingerprint density at radius 2 is 1.68 bits per heavy atom. The van der Waals surface area contributed by atoms with E-state index in [1.165, 1.54) is 26.1 Å². The number of likely N-dealkylation sites (N-methyl/N-ethyl adjacent to an activating group) is 1. The van der Waals surface area contributed by atoms with E-state index in [1.54, 1.807) is 11.3 Å². The summed E-state index contributed by atoms with van der Waals surface area (Å²) in [5.41, 5.74) is 3.93. The van der Waals surface area contributed by atoms with E-state index in [0.29, 0.717) is 6.67 Å². The van der Waals surface area contributed by atoms with Crippen molar-refractivity contribution in [3.63, 3.8) is 0 Å². The van der Waals surface area contributed by atoms with Gasteiger partial charge in [0, 0.05) is 55.4 Å². The summed E-state index contributed by atoms with van der Waals surface area (Å²) in [6.07, 6.45) is 2.26. The Morgan fingerprint density at radius 1 is 0.935 bits per heavy atom. The molecule has 160 valence electrons. The van der Waals surface area contributed by atoms with Gasteiger partial charge in [-0.3, -0.25) is 9.89 Å². The molecular formula is C25H27ClN4S. The summed E-state index contributed by atoms with van der Waals surface area (Å²) in [6, 6.07) is 19.2. The summed E-state index contributed by atoms with van der Waals surface area (Å²) in [6.45, 7) is 7.24. The summed E-state index contributed by atoms with van der Waals surface area (Å²) >= 11 is 7.83. The monoisotopic (exact) mass is 450 g/mol. The Morgan fingerprint density at radius 3 is 2.45 bits per heavy atom. The van der Waals surface area contributed by atoms with Crippen LogP contribution in [-0.2, 0) is 13.1 Å². The molecule has 3 heterocycles. The lowest BCUT2D eigenvalue weighted by atomic mass is 10.1. The lowest BCUT2D eigenvalue weighted by molar-refractivity contribution is 0.148. The summed E-state index contributed by atoms with van der Waals surface area (Å²) in [5.74, 6) is 0. The zero-order valence-corrected chi connectivity index (χ0v) is 19.4. The van der Waals surface area contributed by atoms with Crippen LogP contribution in [0.1, 0.15) is 11.1 Å². The number of rotatable bonds is 5. The van der Waals surface area contributed by atoms with E-state index in [2.05, 4.69) is 70.4 Å². The Kier molecular flexibility index (Phi) is 6.10. The SMILES string of the molecule is CN1CCN(Cc2cccc(CN3C=c4sc(-c5ccc(Cl)cc5)cc4=NC3)c2)CC1. The second-order valence-corrected chi connectivity index (χ2v) is 9.96. The summed E-state index contributed by atoms with van der Waals surface area (Å²) < 4.78 is 1.23. The molecule has 0 unspecified atom stereocenters. The van der Waals surface area contributed by atoms with Gasteiger partial charge in [0.15, 0.2) is 0 Å². The quantitative estimate of drug-likeness (QED) is 0.592. The van der Waals surface area contributed by atoms with Crippen molar-refractivity contribution in [2.24, 2.45) is 4.99 Å². The van der Waals surface area contributed by atoms with Gasteiger partial charge in [0.2, 0.25) is 0 Å². The molecule has 0 N–H and O–H groups in total. The molecule has 0 radical (unpaired) electrons. The van der Waals surface area contributed by atoms with Crippen molar-refractivity contribution in [2.75, 3.05) is 39.9 Å². The van der Waals surface area contributed by atoms with Gasteiger partial charge < -0.3 is 9.80 Å². The fraction of sp³-hybridized carbons (Fsp3) is 0.320. The van der Waals surface area contributed by atoms with Crippen LogP contribution in [0.4, 0.5) is 0 Å². The van der Waals surface area contributed by atoms with Crippen LogP contribution in [-0.4, -0.2) is 54.6 Å². The summed E-state index contributed by atoms with van der Waals surface area (Å²) in [4.78, 5) is 13.3. The van der Waals surface area contributed by atoms with Crippen molar-refractivity contribution < 1.29 is 0 Å². The number of piperazine rings is 1. The molecule has 0 aliphatic carbocycles. The number of nitrogens with zero attached hydrogens (tertiary/aromatic N) is 4. The molecular weight excluding hydrogens is 424 g/mol. The van der Waals surface area contributed by atoms with Gasteiger partial charge in [0.25, 0.3) is 0 Å². The molecule has 0 bridgehead atoms. The largest absolute Gasteiger partial charge is 0.353 e. The molecule has 0 amide bonds. The summed E-state index contributed by atoms with van der Waals surface area (Å²) in [7, 11) is 2.20. The average molecular weight is 451 g/mol. The second kappa shape index (κ2) is 9.13. The smallest absolute Gasteiger partial charge is 0.110 e. The van der Waals surface area contributed by atoms with Crippen LogP contribution in [0, 0.1) is 0 Å². The Bertz CT molecular complexity index is 1160. The number of halogens is 1. The van der Waals surface area contributed by atoms with Gasteiger partial charge in [-0.1, -0.05) is 48.0 Å². The second-order valence-electron chi connectivity index (χ2n) is 8.44. The minimum Gasteiger partial charge on any atom is -0.353 e. The standard InChI is InChI=1S/C25H27ClN4S/c1-28-9-11-29(12-10-28)15-19-3-2-4-20(13-19)16-30-17-25-23(27-18-30)14-24(31-25)21-5-7-22(26)8-6-21/h2-8,13-14,17H,9-12,15-16,18H2,1H3. The van der Waals surface area contributed by atoms with E-state index in [4.69, 9.17) is 16.6 Å². The van der Waals surface area contributed by atoms with Crippen LogP contribution in [0.3, 0.4) is 0 Å². The maximum atomic E-state index is 6.04. The van der Waals surface area contributed by atoms with E-state index < -0.39 is 0 Å². The first-order valence-electron chi connectivity index (χ1n) is 10.8. The van der Waals surface area contributed by atoms with Gasteiger partial charge in [-0.2, -0.15) is 0 Å². The van der Waals surface area contributed by atoms with Gasteiger partial charge in [0.1, 0.15) is 6.67 Å². The van der Waals surface area contributed by atoms with Crippen molar-refractivity contribution in [3.05, 3.63) is 80.6 Å². The molecule has 3 aromatic rings. The van der Waals surface area contributed by atoms with E-state index >= 15 is 0 Å². The highest BCUT2D eigenvalue weighted by atomic mass is 35.5. The van der Waals surface area contributed by atoms with E-state index in [1.807, 2.05) is 12.1 Å². The average Bonchev–Trinajstić information content (AvgIpc) is 3.20. The number of benzene rings is 2. The lowest BCUT2D eigenvalue weighted by Gasteiger charge is -2.32. The number of thiophene rings is 1. The van der Waals surface area contributed by atoms with Crippen LogP contribution in [0.25, 0.3) is 16.6 Å². The van der Waals surface area contributed by atoms with Gasteiger partial charge in [-0.05, 0) is 41.9 Å². The maximum absolute atomic E-state index is 6.04. The van der Waals surface area contributed by atoms with E-state index in [0.717, 1.165) is 49.6 Å². The van der Waals surface area contributed by atoms with Crippen molar-refractivity contribution in [2.45, 2.75) is 13.1 Å². The van der Waals surface area contributed by atoms with Crippen LogP contribution in [0.15, 0.2) is 59.6 Å². The first-order valence-corrected chi connectivity index (χ1v) is 12.0. The van der Waals surface area contributed by atoms with Crippen LogP contribution in [0.2, 0.25) is 5.02 Å². The predicted octanol–water partition coefficient (Wildman–Crippen LogP) is 3.65. The maximum Gasteiger partial charge on any atom is 0.110 e. The molecule has 0 spiro atoms. The van der Waals surface area contributed by atoms with Gasteiger partial charge >= 0.3 is 0 Å². The zero-order valence-electron chi connectivity index (χ0n) is 17.8. The highest BCUT2D eigenvalue weighted by Crippen LogP contribution is 2.23. The molecule has 2 aliphatic heterocycles. The molecule has 4 nitrogen and oxygen atoms in total. The normalized spacial score (nSPS) is 17.2. The van der Waals surface area contributed by atoms with Crippen molar-refractivity contribution in [1.29, 1.82) is 0 Å². The molecule has 1 aromatic heterocycles. The summed E-state index contributed by atoms with van der Waals surface area (Å²) in [5, 5.41) is 1.86. The van der Waals surface area contributed by atoms with Crippen LogP contribution >= 0.6 is 22.9 Å². The Balaban J connectivity index is 1.28. The van der Waals surface area contributed by atoms with E-state index in [-0.39, 0.29) is 0 Å². The molecule has 1 fully saturated rings. The van der Waals surface area contributed by atoms with Gasteiger partial charge in [0.05, 0.1) is 9.89 Å². The first-order chi connectivity index (χ1) is 15.1. The highest BCUT2D eigenvalue weighted by molar-refractivity contribution is 7.13. The minimum absolute atomic E-state index is 0.701. The van der Waals surface area contributed by atoms with Crippen LogP contribution in [0.5, 0.6) is 0 Å². The molecule has 31 heavy (non-hydrogen) atoms. The number of hydrogen-bond donors (Lipinski definition) is 0. The number of fused-ring (bicyclic) bond motifs is 1. The Hall–Kier alpha value is -2.18. The molecule has 0 atom stereocenters. The third-order valence-electron chi connectivity index (χ3n) is 5.97. The third-order valence-corrected chi connectivity index (χ3v) is 7.33. The Labute approximate surface area is 192 Å². The molecule has 5 rings (SSSR count). The van der Waals surface area contributed by atoms with E-state index in [9.17, 15) is 0 Å². The molecule has 6 heteroatoms. The van der Waals surface area contributed by atoms with Crippen molar-refractivity contribution in [1.82, 2.24) is 14.7 Å². The van der Waals surface area contributed by atoms with Gasteiger partial charge in [-0.15, -0.1) is 11.3 Å².